The maximum Gasteiger partial charge on any atom is 0.336 e. The summed E-state index contributed by atoms with van der Waals surface area (Å²) in [7, 11) is 0. The molecule has 0 saturated carbocycles. The Morgan fingerprint density at radius 3 is 2.59 bits per heavy atom. The Hall–Kier alpha value is -2.73. The van der Waals surface area contributed by atoms with Crippen molar-refractivity contribution in [2.45, 2.75) is 6.92 Å². The fraction of sp³-hybridized carbons (Fsp3) is 0.0625. The van der Waals surface area contributed by atoms with E-state index in [4.69, 9.17) is 5.11 Å². The smallest absolute Gasteiger partial charge is 0.336 e. The van der Waals surface area contributed by atoms with Crippen LogP contribution in [-0.2, 0) is 0 Å². The monoisotopic (exact) mass is 312 g/mol. The topological polar surface area (TPSA) is 79.3 Å². The molecule has 3 rings (SSSR count). The highest BCUT2D eigenvalue weighted by Crippen LogP contribution is 2.25. The molecule has 0 aliphatic heterocycles. The molecule has 1 amide bonds. The number of fused-ring (bicyclic) bond motifs is 1. The van der Waals surface area contributed by atoms with E-state index in [1.54, 1.807) is 29.5 Å². The van der Waals surface area contributed by atoms with Crippen molar-refractivity contribution in [2.75, 3.05) is 5.32 Å². The summed E-state index contributed by atoms with van der Waals surface area (Å²) in [5, 5.41) is 12.8. The number of anilines is 1. The van der Waals surface area contributed by atoms with E-state index in [0.717, 1.165) is 15.2 Å². The van der Waals surface area contributed by atoms with Gasteiger partial charge in [-0.15, -0.1) is 11.3 Å². The summed E-state index contributed by atoms with van der Waals surface area (Å²) in [4.78, 5) is 27.8. The highest BCUT2D eigenvalue weighted by atomic mass is 32.1. The van der Waals surface area contributed by atoms with Gasteiger partial charge in [0.1, 0.15) is 0 Å². The van der Waals surface area contributed by atoms with E-state index in [0.29, 0.717) is 5.69 Å². The number of rotatable bonds is 3. The van der Waals surface area contributed by atoms with Gasteiger partial charge in [0.15, 0.2) is 0 Å². The van der Waals surface area contributed by atoms with Gasteiger partial charge in [0.25, 0.3) is 5.91 Å². The van der Waals surface area contributed by atoms with E-state index < -0.39 is 11.9 Å². The molecule has 1 heterocycles. The second-order valence-electron chi connectivity index (χ2n) is 4.72. The first-order valence-electron chi connectivity index (χ1n) is 6.55. The normalized spacial score (nSPS) is 10.6. The summed E-state index contributed by atoms with van der Waals surface area (Å²) < 4.78 is 0.974. The first-order chi connectivity index (χ1) is 10.5. The van der Waals surface area contributed by atoms with Gasteiger partial charge < -0.3 is 10.4 Å². The highest BCUT2D eigenvalue weighted by molar-refractivity contribution is 7.18. The minimum Gasteiger partial charge on any atom is -0.478 e. The van der Waals surface area contributed by atoms with E-state index in [2.05, 4.69) is 10.3 Å². The van der Waals surface area contributed by atoms with Gasteiger partial charge in [0.2, 0.25) is 0 Å². The number of benzene rings is 2. The van der Waals surface area contributed by atoms with E-state index in [9.17, 15) is 9.59 Å². The van der Waals surface area contributed by atoms with Crippen molar-refractivity contribution in [2.24, 2.45) is 0 Å². The lowest BCUT2D eigenvalue weighted by atomic mass is 10.1. The first-order valence-corrected chi connectivity index (χ1v) is 7.37. The third-order valence-electron chi connectivity index (χ3n) is 3.16. The van der Waals surface area contributed by atoms with Crippen LogP contribution < -0.4 is 5.32 Å². The molecule has 0 aliphatic rings. The third kappa shape index (κ3) is 2.68. The van der Waals surface area contributed by atoms with Crippen LogP contribution in [0.3, 0.4) is 0 Å². The summed E-state index contributed by atoms with van der Waals surface area (Å²) in [6.07, 6.45) is 0. The van der Waals surface area contributed by atoms with Crippen molar-refractivity contribution < 1.29 is 14.7 Å². The lowest BCUT2D eigenvalue weighted by Crippen LogP contribution is -2.16. The van der Waals surface area contributed by atoms with Crippen LogP contribution in [0.5, 0.6) is 0 Å². The first kappa shape index (κ1) is 14.2. The summed E-state index contributed by atoms with van der Waals surface area (Å²) >= 11 is 1.54. The average molecular weight is 312 g/mol. The number of aromatic carboxylic acids is 1. The number of carboxylic acids is 1. The number of aryl methyl sites for hydroxylation is 1. The van der Waals surface area contributed by atoms with Gasteiger partial charge in [0.05, 0.1) is 26.4 Å². The fourth-order valence-electron chi connectivity index (χ4n) is 2.18. The van der Waals surface area contributed by atoms with Gasteiger partial charge in [-0.3, -0.25) is 4.79 Å². The summed E-state index contributed by atoms with van der Waals surface area (Å²) in [6, 6.07) is 11.5. The molecule has 0 fully saturated rings. The molecular formula is C16H12N2O3S. The zero-order valence-corrected chi connectivity index (χ0v) is 12.5. The van der Waals surface area contributed by atoms with E-state index in [1.165, 1.54) is 12.1 Å². The Morgan fingerprint density at radius 1 is 1.14 bits per heavy atom. The van der Waals surface area contributed by atoms with Crippen molar-refractivity contribution >= 4 is 39.1 Å². The van der Waals surface area contributed by atoms with Crippen molar-refractivity contribution in [3.63, 3.8) is 0 Å². The summed E-state index contributed by atoms with van der Waals surface area (Å²) in [5.74, 6) is -1.57. The number of amides is 1. The van der Waals surface area contributed by atoms with Crippen molar-refractivity contribution in [3.8, 4) is 0 Å². The number of thiazole rings is 1. The van der Waals surface area contributed by atoms with Crippen LogP contribution in [0, 0.1) is 6.92 Å². The second-order valence-corrected chi connectivity index (χ2v) is 5.96. The number of carbonyl (C=O) groups excluding carboxylic acids is 1. The molecule has 2 aromatic carbocycles. The van der Waals surface area contributed by atoms with E-state index in [-0.39, 0.29) is 11.1 Å². The number of nitrogens with one attached hydrogen (secondary N) is 1. The number of aromatic nitrogens is 1. The van der Waals surface area contributed by atoms with Gasteiger partial charge in [-0.1, -0.05) is 12.1 Å². The Morgan fingerprint density at radius 2 is 1.86 bits per heavy atom. The predicted octanol–water partition coefficient (Wildman–Crippen LogP) is 3.56. The Labute approximate surface area is 130 Å². The van der Waals surface area contributed by atoms with Crippen LogP contribution in [0.25, 0.3) is 10.2 Å². The summed E-state index contributed by atoms with van der Waals surface area (Å²) in [6.45, 7) is 1.92. The zero-order valence-electron chi connectivity index (χ0n) is 11.7. The lowest BCUT2D eigenvalue weighted by molar-refractivity contribution is 0.0692. The van der Waals surface area contributed by atoms with Crippen molar-refractivity contribution in [3.05, 3.63) is 58.6 Å². The van der Waals surface area contributed by atoms with E-state index in [1.807, 2.05) is 19.1 Å². The third-order valence-corrected chi connectivity index (χ3v) is 4.09. The molecule has 2 N–H and O–H groups in total. The maximum absolute atomic E-state index is 12.3. The lowest BCUT2D eigenvalue weighted by Gasteiger charge is -2.07. The van der Waals surface area contributed by atoms with Crippen LogP contribution >= 0.6 is 11.3 Å². The van der Waals surface area contributed by atoms with Gasteiger partial charge in [-0.2, -0.15) is 0 Å². The zero-order chi connectivity index (χ0) is 15.7. The largest absolute Gasteiger partial charge is 0.478 e. The number of carboxylic acid groups (broad SMARTS) is 1. The molecule has 5 nitrogen and oxygen atoms in total. The molecule has 1 aromatic heterocycles. The van der Waals surface area contributed by atoms with Gasteiger partial charge in [-0.25, -0.2) is 9.78 Å². The van der Waals surface area contributed by atoms with Crippen LogP contribution in [0.2, 0.25) is 0 Å². The number of hydrogen-bond donors (Lipinski definition) is 2. The van der Waals surface area contributed by atoms with Crippen LogP contribution in [0.15, 0.2) is 42.5 Å². The highest BCUT2D eigenvalue weighted by Gasteiger charge is 2.16. The van der Waals surface area contributed by atoms with Crippen molar-refractivity contribution in [1.29, 1.82) is 0 Å². The number of nitrogens with zero attached hydrogens (tertiary/aromatic N) is 1. The van der Waals surface area contributed by atoms with Gasteiger partial charge >= 0.3 is 5.97 Å². The number of carbonyl (C=O) groups is 2. The quantitative estimate of drug-likeness (QED) is 0.775. The number of hydrogen-bond acceptors (Lipinski definition) is 4. The molecule has 0 bridgehead atoms. The van der Waals surface area contributed by atoms with Crippen LogP contribution in [0.1, 0.15) is 25.7 Å². The molecular weight excluding hydrogens is 300 g/mol. The molecule has 0 saturated heterocycles. The predicted molar refractivity (Wildman–Crippen MR) is 85.7 cm³/mol. The SMILES string of the molecule is Cc1nc2ccc(NC(=O)c3ccccc3C(=O)O)cc2s1. The van der Waals surface area contributed by atoms with Gasteiger partial charge in [0, 0.05) is 5.69 Å². The molecule has 0 aliphatic carbocycles. The van der Waals surface area contributed by atoms with Gasteiger partial charge in [-0.05, 0) is 37.3 Å². The van der Waals surface area contributed by atoms with Crippen LogP contribution in [-0.4, -0.2) is 22.0 Å². The van der Waals surface area contributed by atoms with Crippen LogP contribution in [0.4, 0.5) is 5.69 Å². The molecule has 110 valence electrons. The molecule has 0 spiro atoms. The molecule has 22 heavy (non-hydrogen) atoms. The molecule has 0 radical (unpaired) electrons. The van der Waals surface area contributed by atoms with Crippen molar-refractivity contribution in [1.82, 2.24) is 4.98 Å². The molecule has 3 aromatic rings. The Balaban J connectivity index is 1.91. The standard InChI is InChI=1S/C16H12N2O3S/c1-9-17-13-7-6-10(8-14(13)22-9)18-15(19)11-4-2-3-5-12(11)16(20)21/h2-8H,1H3,(H,18,19)(H,20,21). The molecule has 6 heteroatoms. The maximum atomic E-state index is 12.3. The fourth-order valence-corrected chi connectivity index (χ4v) is 3.05. The second kappa shape index (κ2) is 5.57. The Kier molecular flexibility index (Phi) is 3.60. The Bertz CT molecular complexity index is 886. The molecule has 0 atom stereocenters. The molecule has 0 unspecified atom stereocenters. The summed E-state index contributed by atoms with van der Waals surface area (Å²) in [5.41, 5.74) is 1.61. The minimum atomic E-state index is -1.13. The minimum absolute atomic E-state index is 0.0188. The average Bonchev–Trinajstić information content (AvgIpc) is 2.86. The van der Waals surface area contributed by atoms with E-state index >= 15 is 0 Å².